The molecule has 1 aromatic carbocycles. The van der Waals surface area contributed by atoms with Crippen LogP contribution in [0.1, 0.15) is 44.1 Å². The van der Waals surface area contributed by atoms with Crippen molar-refractivity contribution in [2.45, 2.75) is 57.1 Å². The van der Waals surface area contributed by atoms with Gasteiger partial charge in [-0.25, -0.2) is 4.79 Å². The first-order valence-corrected chi connectivity index (χ1v) is 9.59. The zero-order valence-corrected chi connectivity index (χ0v) is 16.1. The van der Waals surface area contributed by atoms with E-state index in [1.807, 2.05) is 30.3 Å². The maximum absolute atomic E-state index is 12.7. The molecule has 0 saturated heterocycles. The molecule has 0 spiro atoms. The number of hydrogen-bond donors (Lipinski definition) is 3. The SMILES string of the molecule is C#CCC(CC(=O)N(O)O)C(=O)N[C@H](Cc1ccccc1)C(=O)OC1CCCC1. The number of esters is 1. The number of hydroxylamine groups is 2. The van der Waals surface area contributed by atoms with Gasteiger partial charge in [0.2, 0.25) is 5.91 Å². The van der Waals surface area contributed by atoms with Crippen LogP contribution in [-0.2, 0) is 25.5 Å². The fourth-order valence-corrected chi connectivity index (χ4v) is 3.28. The van der Waals surface area contributed by atoms with E-state index in [0.29, 0.717) is 0 Å². The molecule has 1 aliphatic rings. The van der Waals surface area contributed by atoms with Crippen molar-refractivity contribution < 1.29 is 29.5 Å². The molecule has 1 fully saturated rings. The largest absolute Gasteiger partial charge is 0.461 e. The van der Waals surface area contributed by atoms with E-state index in [4.69, 9.17) is 21.6 Å². The van der Waals surface area contributed by atoms with Crippen LogP contribution in [0.15, 0.2) is 30.3 Å². The molecule has 1 aromatic rings. The molecule has 2 rings (SSSR count). The number of carbonyl (C=O) groups is 3. The number of hydrogen-bond acceptors (Lipinski definition) is 6. The first kappa shape index (κ1) is 22.4. The van der Waals surface area contributed by atoms with Crippen LogP contribution in [0.2, 0.25) is 0 Å². The van der Waals surface area contributed by atoms with E-state index in [1.54, 1.807) is 0 Å². The van der Waals surface area contributed by atoms with Crippen LogP contribution in [0.5, 0.6) is 0 Å². The Kier molecular flexibility index (Phi) is 8.65. The highest BCUT2D eigenvalue weighted by Crippen LogP contribution is 2.22. The molecule has 2 atom stereocenters. The van der Waals surface area contributed by atoms with Crippen molar-refractivity contribution in [1.29, 1.82) is 0 Å². The average Bonchev–Trinajstić information content (AvgIpc) is 3.20. The lowest BCUT2D eigenvalue weighted by Crippen LogP contribution is -2.47. The highest BCUT2D eigenvalue weighted by Gasteiger charge is 2.30. The minimum absolute atomic E-state index is 0.0961. The molecule has 0 aliphatic heterocycles. The van der Waals surface area contributed by atoms with E-state index in [1.165, 1.54) is 0 Å². The number of ether oxygens (including phenoxy) is 1. The van der Waals surface area contributed by atoms with Gasteiger partial charge in [0, 0.05) is 19.3 Å². The molecule has 0 heterocycles. The number of amides is 2. The number of nitrogens with zero attached hydrogens (tertiary/aromatic N) is 1. The monoisotopic (exact) mass is 402 g/mol. The van der Waals surface area contributed by atoms with Gasteiger partial charge < -0.3 is 10.1 Å². The molecule has 1 unspecified atom stereocenters. The predicted octanol–water partition coefficient (Wildman–Crippen LogP) is 1.84. The topological polar surface area (TPSA) is 116 Å². The minimum Gasteiger partial charge on any atom is -0.461 e. The smallest absolute Gasteiger partial charge is 0.329 e. The van der Waals surface area contributed by atoms with Gasteiger partial charge in [-0.15, -0.1) is 12.3 Å². The average molecular weight is 402 g/mol. The summed E-state index contributed by atoms with van der Waals surface area (Å²) >= 11 is 0. The second-order valence-corrected chi connectivity index (χ2v) is 7.09. The Balaban J connectivity index is 2.10. The standard InChI is InChI=1S/C21H26N2O6/c1-2-8-16(14-19(24)23(27)28)20(25)22-18(13-15-9-4-3-5-10-15)21(26)29-17-11-6-7-12-17/h1,3-5,9-10,16-18,27-28H,6-8,11-14H2,(H,22,25)/t16?,18-/m1/s1. The molecule has 8 nitrogen and oxygen atoms in total. The molecule has 0 radical (unpaired) electrons. The van der Waals surface area contributed by atoms with Crippen molar-refractivity contribution in [3.8, 4) is 12.3 Å². The predicted molar refractivity (Wildman–Crippen MR) is 102 cm³/mol. The molecule has 156 valence electrons. The molecule has 29 heavy (non-hydrogen) atoms. The fraction of sp³-hybridized carbons (Fsp3) is 0.476. The Morgan fingerprint density at radius 2 is 1.86 bits per heavy atom. The Bertz CT molecular complexity index is 737. The van der Waals surface area contributed by atoms with Crippen LogP contribution in [0, 0.1) is 18.3 Å². The van der Waals surface area contributed by atoms with E-state index < -0.39 is 41.4 Å². The number of carbonyl (C=O) groups excluding carboxylic acids is 3. The van der Waals surface area contributed by atoms with Gasteiger partial charge in [-0.2, -0.15) is 0 Å². The third kappa shape index (κ3) is 7.22. The van der Waals surface area contributed by atoms with Gasteiger partial charge in [-0.3, -0.25) is 20.0 Å². The summed E-state index contributed by atoms with van der Waals surface area (Å²) in [7, 11) is 0. The molecule has 1 saturated carbocycles. The summed E-state index contributed by atoms with van der Waals surface area (Å²) in [5.41, 5.74) is 0.836. The Labute approximate surface area is 169 Å². The highest BCUT2D eigenvalue weighted by molar-refractivity contribution is 5.89. The summed E-state index contributed by atoms with van der Waals surface area (Å²) in [4.78, 5) is 37.0. The zero-order valence-electron chi connectivity index (χ0n) is 16.1. The number of rotatable bonds is 9. The van der Waals surface area contributed by atoms with Gasteiger partial charge in [0.25, 0.3) is 5.91 Å². The number of terminal acetylenes is 1. The van der Waals surface area contributed by atoms with Crippen LogP contribution in [0.3, 0.4) is 0 Å². The number of benzene rings is 1. The van der Waals surface area contributed by atoms with Gasteiger partial charge in [0.15, 0.2) is 0 Å². The van der Waals surface area contributed by atoms with Crippen LogP contribution in [0.4, 0.5) is 0 Å². The molecular formula is C21H26N2O6. The minimum atomic E-state index is -1.08. The van der Waals surface area contributed by atoms with E-state index in [9.17, 15) is 14.4 Å². The molecule has 1 aliphatic carbocycles. The summed E-state index contributed by atoms with van der Waals surface area (Å²) in [6.07, 6.45) is 8.34. The van der Waals surface area contributed by atoms with Crippen molar-refractivity contribution in [3.05, 3.63) is 35.9 Å². The zero-order chi connectivity index (χ0) is 21.2. The summed E-state index contributed by atoms with van der Waals surface area (Å²) in [5.74, 6) is -0.949. The first-order valence-electron chi connectivity index (χ1n) is 9.59. The summed E-state index contributed by atoms with van der Waals surface area (Å²) in [6.45, 7) is 0. The third-order valence-electron chi connectivity index (χ3n) is 4.85. The van der Waals surface area contributed by atoms with E-state index >= 15 is 0 Å². The maximum Gasteiger partial charge on any atom is 0.329 e. The Hall–Kier alpha value is -2.89. The summed E-state index contributed by atoms with van der Waals surface area (Å²) < 4.78 is 5.56. The second kappa shape index (κ2) is 11.2. The second-order valence-electron chi connectivity index (χ2n) is 7.09. The molecule has 3 N–H and O–H groups in total. The fourth-order valence-electron chi connectivity index (χ4n) is 3.28. The lowest BCUT2D eigenvalue weighted by Gasteiger charge is -2.23. The van der Waals surface area contributed by atoms with E-state index in [0.717, 1.165) is 31.2 Å². The van der Waals surface area contributed by atoms with Crippen LogP contribution in [0.25, 0.3) is 0 Å². The van der Waals surface area contributed by atoms with E-state index in [2.05, 4.69) is 11.2 Å². The Morgan fingerprint density at radius 3 is 2.45 bits per heavy atom. The van der Waals surface area contributed by atoms with Gasteiger partial charge in [0.1, 0.15) is 12.1 Å². The molecular weight excluding hydrogens is 376 g/mol. The summed E-state index contributed by atoms with van der Waals surface area (Å²) in [6, 6.07) is 8.22. The quantitative estimate of drug-likeness (QED) is 0.251. The first-order chi connectivity index (χ1) is 13.9. The lowest BCUT2D eigenvalue weighted by atomic mass is 9.98. The van der Waals surface area contributed by atoms with Crippen molar-refractivity contribution in [3.63, 3.8) is 0 Å². The van der Waals surface area contributed by atoms with E-state index in [-0.39, 0.29) is 18.9 Å². The third-order valence-corrected chi connectivity index (χ3v) is 4.85. The summed E-state index contributed by atoms with van der Waals surface area (Å²) in [5, 5.41) is 19.7. The Morgan fingerprint density at radius 1 is 1.21 bits per heavy atom. The van der Waals surface area contributed by atoms with Gasteiger partial charge in [-0.05, 0) is 31.2 Å². The van der Waals surface area contributed by atoms with Crippen LogP contribution in [-0.4, -0.2) is 45.6 Å². The van der Waals surface area contributed by atoms with Crippen molar-refractivity contribution in [1.82, 2.24) is 10.5 Å². The lowest BCUT2D eigenvalue weighted by molar-refractivity contribution is -0.285. The normalized spacial score (nSPS) is 15.8. The molecule has 0 aromatic heterocycles. The highest BCUT2D eigenvalue weighted by atomic mass is 16.8. The van der Waals surface area contributed by atoms with Crippen LogP contribution >= 0.6 is 0 Å². The van der Waals surface area contributed by atoms with Crippen molar-refractivity contribution >= 4 is 17.8 Å². The van der Waals surface area contributed by atoms with Gasteiger partial charge in [0.05, 0.1) is 5.92 Å². The van der Waals surface area contributed by atoms with Gasteiger partial charge >= 0.3 is 5.97 Å². The van der Waals surface area contributed by atoms with Crippen molar-refractivity contribution in [2.75, 3.05) is 0 Å². The molecule has 8 heteroatoms. The maximum atomic E-state index is 12.7. The number of nitrogens with one attached hydrogen (secondary N) is 1. The molecule has 2 amide bonds. The molecule has 0 bridgehead atoms. The van der Waals surface area contributed by atoms with Gasteiger partial charge in [-0.1, -0.05) is 35.6 Å². The van der Waals surface area contributed by atoms with Crippen LogP contribution < -0.4 is 5.32 Å². The van der Waals surface area contributed by atoms with Crippen molar-refractivity contribution in [2.24, 2.45) is 5.92 Å².